The van der Waals surface area contributed by atoms with Crippen LogP contribution in [0.3, 0.4) is 0 Å². The van der Waals surface area contributed by atoms with Crippen molar-refractivity contribution in [2.75, 3.05) is 20.0 Å². The highest BCUT2D eigenvalue weighted by atomic mass is 127. The summed E-state index contributed by atoms with van der Waals surface area (Å²) < 4.78 is 8.26. The molecule has 2 N–H and O–H groups in total. The quantitative estimate of drug-likeness (QED) is 0.234. The number of halogens is 3. The van der Waals surface area contributed by atoms with Crippen molar-refractivity contribution in [1.29, 1.82) is 0 Å². The Hall–Kier alpha value is -2.70. The highest BCUT2D eigenvalue weighted by Crippen LogP contribution is 2.34. The summed E-state index contributed by atoms with van der Waals surface area (Å²) in [5, 5.41) is 47.7. The summed E-state index contributed by atoms with van der Waals surface area (Å²) >= 11 is 6.28. The topological polar surface area (TPSA) is 206 Å². The van der Waals surface area contributed by atoms with E-state index in [0.29, 0.717) is 30.1 Å². The summed E-state index contributed by atoms with van der Waals surface area (Å²) in [4.78, 5) is 41.7. The predicted octanol–water partition coefficient (Wildman–Crippen LogP) is 2.98. The molecule has 1 fully saturated rings. The Morgan fingerprint density at radius 2 is 1.31 bits per heavy atom. The van der Waals surface area contributed by atoms with E-state index in [-0.39, 0.29) is 12.2 Å². The van der Waals surface area contributed by atoms with Crippen LogP contribution >= 0.6 is 67.8 Å². The fraction of sp³-hybridized carbons (Fsp3) is 0.235. The zero-order valence-electron chi connectivity index (χ0n) is 17.7. The lowest BCUT2D eigenvalue weighted by Crippen LogP contribution is -2.59. The van der Waals surface area contributed by atoms with Gasteiger partial charge in [-0.25, -0.2) is 30.3 Å². The van der Waals surface area contributed by atoms with Crippen LogP contribution in [-0.4, -0.2) is 66.3 Å². The first kappa shape index (κ1) is 29.5. The molecule has 1 saturated heterocycles. The highest BCUT2D eigenvalue weighted by Gasteiger charge is 2.39. The fourth-order valence-electron chi connectivity index (χ4n) is 2.66. The molecule has 0 atom stereocenters. The van der Waals surface area contributed by atoms with Crippen LogP contribution in [0.4, 0.5) is 0 Å². The molecule has 0 bridgehead atoms. The molecule has 19 heteroatoms. The molecular weight excluding hydrogens is 829 g/mol. The van der Waals surface area contributed by atoms with Crippen LogP contribution in [0.2, 0.25) is 0 Å². The standard InChI is InChI=1S/C14H9I3O4.C3H6N6O6/c15-9-6-8(1-2-12(9)18)21-14-10(16)3-7(4-11(14)17)5-13(19)20;10-7(11)4-1-5(8(12)13)3-6(2-4)9(14)15/h1-4,6,18H,5H2,(H,19,20);1-3H2. The number of rotatable bonds is 7. The van der Waals surface area contributed by atoms with Crippen LogP contribution in [0.15, 0.2) is 30.3 Å². The lowest BCUT2D eigenvalue weighted by atomic mass is 10.1. The number of nitrogens with zero attached hydrogens (tertiary/aromatic N) is 6. The number of aromatic hydroxyl groups is 1. The van der Waals surface area contributed by atoms with E-state index in [1.54, 1.807) is 30.3 Å². The molecule has 0 saturated carbocycles. The molecule has 194 valence electrons. The first-order valence-electron chi connectivity index (χ1n) is 9.32. The molecular formula is C17H15I3N6O10. The van der Waals surface area contributed by atoms with Crippen molar-refractivity contribution in [3.05, 3.63) is 76.9 Å². The number of hydrogen-bond acceptors (Lipinski definition) is 9. The van der Waals surface area contributed by atoms with Crippen LogP contribution in [0.25, 0.3) is 0 Å². The second kappa shape index (κ2) is 13.0. The van der Waals surface area contributed by atoms with E-state index in [2.05, 4.69) is 45.2 Å². The maximum absolute atomic E-state index is 10.8. The second-order valence-electron chi connectivity index (χ2n) is 6.83. The van der Waals surface area contributed by atoms with Crippen LogP contribution < -0.4 is 4.74 Å². The fourth-order valence-corrected chi connectivity index (χ4v) is 5.27. The summed E-state index contributed by atoms with van der Waals surface area (Å²) in [5.74, 6) is 0.665. The number of hydrazine groups is 3. The summed E-state index contributed by atoms with van der Waals surface area (Å²) in [6.45, 7) is -1.78. The monoisotopic (exact) mass is 844 g/mol. The molecule has 0 radical (unpaired) electrons. The zero-order chi connectivity index (χ0) is 27.2. The number of ether oxygens (including phenoxy) is 1. The van der Waals surface area contributed by atoms with Gasteiger partial charge in [0.1, 0.15) is 11.5 Å². The minimum absolute atomic E-state index is 0.0105. The van der Waals surface area contributed by atoms with Gasteiger partial charge in [0.05, 0.1) is 17.1 Å². The van der Waals surface area contributed by atoms with Crippen molar-refractivity contribution in [1.82, 2.24) is 15.0 Å². The number of phenolic OH excluding ortho intramolecular Hbond substituents is 1. The molecule has 36 heavy (non-hydrogen) atoms. The van der Waals surface area contributed by atoms with Crippen LogP contribution in [0, 0.1) is 41.1 Å². The van der Waals surface area contributed by atoms with Crippen LogP contribution in [0.5, 0.6) is 17.2 Å². The van der Waals surface area contributed by atoms with Gasteiger partial charge < -0.3 is 14.9 Å². The van der Waals surface area contributed by atoms with E-state index in [0.717, 1.165) is 12.7 Å². The van der Waals surface area contributed by atoms with Gasteiger partial charge in [-0.1, -0.05) is 15.0 Å². The lowest BCUT2D eigenvalue weighted by Gasteiger charge is -2.27. The molecule has 2 aromatic carbocycles. The Morgan fingerprint density at radius 3 is 1.67 bits per heavy atom. The smallest absolute Gasteiger partial charge is 0.307 e. The molecule has 3 rings (SSSR count). The lowest BCUT2D eigenvalue weighted by molar-refractivity contribution is -0.775. The Kier molecular flexibility index (Phi) is 10.7. The maximum Gasteiger partial charge on any atom is 0.307 e. The van der Waals surface area contributed by atoms with Crippen LogP contribution in [-0.2, 0) is 11.2 Å². The third kappa shape index (κ3) is 8.45. The average Bonchev–Trinajstić information content (AvgIpc) is 2.78. The summed E-state index contributed by atoms with van der Waals surface area (Å²) in [5.41, 5.74) is 0.740. The van der Waals surface area contributed by atoms with Gasteiger partial charge in [0.25, 0.3) is 0 Å². The van der Waals surface area contributed by atoms with Crippen molar-refractivity contribution >= 4 is 73.7 Å². The highest BCUT2D eigenvalue weighted by molar-refractivity contribution is 14.1. The Balaban J connectivity index is 0.000000269. The van der Waals surface area contributed by atoms with Crippen LogP contribution in [0.1, 0.15) is 5.56 Å². The van der Waals surface area contributed by atoms with Gasteiger partial charge in [-0.3, -0.25) is 4.79 Å². The van der Waals surface area contributed by atoms with Crippen molar-refractivity contribution in [3.63, 3.8) is 0 Å². The van der Waals surface area contributed by atoms with Gasteiger partial charge in [0, 0.05) is 0 Å². The number of phenols is 1. The van der Waals surface area contributed by atoms with Gasteiger partial charge in [-0.15, -0.1) is 0 Å². The number of aliphatic carboxylic acids is 1. The molecule has 1 heterocycles. The van der Waals surface area contributed by atoms with E-state index in [9.17, 15) is 40.2 Å². The molecule has 0 spiro atoms. The normalized spacial score (nSPS) is 12.9. The van der Waals surface area contributed by atoms with E-state index in [4.69, 9.17) is 9.84 Å². The largest absolute Gasteiger partial charge is 0.507 e. The molecule has 16 nitrogen and oxygen atoms in total. The molecule has 2 aromatic rings. The first-order valence-corrected chi connectivity index (χ1v) is 12.6. The minimum Gasteiger partial charge on any atom is -0.507 e. The average molecular weight is 844 g/mol. The molecule has 0 unspecified atom stereocenters. The Morgan fingerprint density at radius 1 is 0.861 bits per heavy atom. The third-order valence-corrected chi connectivity index (χ3v) is 6.69. The number of carboxylic acids is 1. The molecule has 0 aromatic heterocycles. The van der Waals surface area contributed by atoms with E-state index in [1.165, 1.54) is 0 Å². The Bertz CT molecular complexity index is 1110. The molecule has 1 aliphatic rings. The van der Waals surface area contributed by atoms with Gasteiger partial charge in [0.15, 0.2) is 20.8 Å². The zero-order valence-corrected chi connectivity index (χ0v) is 24.2. The number of hydrogen-bond donors (Lipinski definition) is 2. The van der Waals surface area contributed by atoms with E-state index in [1.807, 2.05) is 22.6 Å². The number of benzene rings is 2. The summed E-state index contributed by atoms with van der Waals surface area (Å²) in [6.07, 6.45) is -0.0105. The molecule has 0 amide bonds. The molecule has 0 aliphatic carbocycles. The predicted molar refractivity (Wildman–Crippen MR) is 145 cm³/mol. The minimum atomic E-state index is -0.924. The first-order chi connectivity index (χ1) is 16.8. The third-order valence-electron chi connectivity index (χ3n) is 4.22. The van der Waals surface area contributed by atoms with Gasteiger partial charge in [-0.2, -0.15) is 0 Å². The SMILES string of the molecule is O=C(O)Cc1cc(I)c(Oc2ccc(O)c(I)c2)c(I)c1.O=[N+]([O-])N1CN([N+](=O)[O-])CN([N+](=O)[O-])C1. The second-order valence-corrected chi connectivity index (χ2v) is 10.3. The number of carbonyl (C=O) groups is 1. The van der Waals surface area contributed by atoms with Crippen molar-refractivity contribution < 1.29 is 34.8 Å². The van der Waals surface area contributed by atoms with E-state index >= 15 is 0 Å². The van der Waals surface area contributed by atoms with Gasteiger partial charge in [-0.05, 0) is 104 Å². The molecule has 1 aliphatic heterocycles. The van der Waals surface area contributed by atoms with Gasteiger partial charge in [0.2, 0.25) is 20.0 Å². The van der Waals surface area contributed by atoms with E-state index < -0.39 is 41.1 Å². The number of nitro groups is 3. The summed E-state index contributed by atoms with van der Waals surface area (Å²) in [7, 11) is 0. The van der Waals surface area contributed by atoms with Gasteiger partial charge >= 0.3 is 5.97 Å². The van der Waals surface area contributed by atoms with Crippen molar-refractivity contribution in [3.8, 4) is 17.2 Å². The van der Waals surface area contributed by atoms with Crippen molar-refractivity contribution in [2.45, 2.75) is 6.42 Å². The van der Waals surface area contributed by atoms with Crippen molar-refractivity contribution in [2.24, 2.45) is 0 Å². The maximum atomic E-state index is 10.8. The Labute approximate surface area is 242 Å². The summed E-state index contributed by atoms with van der Waals surface area (Å²) in [6, 6.07) is 8.62. The number of carboxylic acid groups (broad SMARTS) is 1.